The van der Waals surface area contributed by atoms with Crippen LogP contribution in [0.1, 0.15) is 12.0 Å². The first-order chi connectivity index (χ1) is 9.85. The molecule has 1 aromatic carbocycles. The highest BCUT2D eigenvalue weighted by molar-refractivity contribution is 8.14. The SMILES string of the molecule is O=C(CS(=O)(=O)Cc1ccc(Cl)cc1)NC1CCSC1=O. The molecule has 1 amide bonds. The predicted octanol–water partition coefficient (Wildman–Crippen LogP) is 1.40. The smallest absolute Gasteiger partial charge is 0.235 e. The molecular weight excluding hydrogens is 334 g/mol. The summed E-state index contributed by atoms with van der Waals surface area (Å²) in [5, 5.41) is 2.88. The fourth-order valence-corrected chi connectivity index (χ4v) is 4.29. The molecule has 1 atom stereocenters. The van der Waals surface area contributed by atoms with Gasteiger partial charge in [0, 0.05) is 10.8 Å². The Labute approximate surface area is 132 Å². The Morgan fingerprint density at radius 1 is 1.33 bits per heavy atom. The van der Waals surface area contributed by atoms with Crippen LogP contribution < -0.4 is 5.32 Å². The Hall–Kier alpha value is -1.05. The van der Waals surface area contributed by atoms with E-state index < -0.39 is 27.5 Å². The van der Waals surface area contributed by atoms with E-state index in [1.165, 1.54) is 0 Å². The van der Waals surface area contributed by atoms with Crippen LogP contribution in [0.2, 0.25) is 5.02 Å². The summed E-state index contributed by atoms with van der Waals surface area (Å²) in [6, 6.07) is 5.85. The van der Waals surface area contributed by atoms with Gasteiger partial charge in [-0.3, -0.25) is 9.59 Å². The first-order valence-corrected chi connectivity index (χ1v) is 9.45. The Bertz CT molecular complexity index is 643. The number of halogens is 1. The van der Waals surface area contributed by atoms with Crippen LogP contribution in [0.15, 0.2) is 24.3 Å². The quantitative estimate of drug-likeness (QED) is 0.871. The average molecular weight is 348 g/mol. The highest BCUT2D eigenvalue weighted by Gasteiger charge is 2.28. The molecule has 8 heteroatoms. The molecule has 1 aliphatic rings. The summed E-state index contributed by atoms with van der Waals surface area (Å²) in [5.41, 5.74) is 0.569. The summed E-state index contributed by atoms with van der Waals surface area (Å²) in [6.07, 6.45) is 0.548. The topological polar surface area (TPSA) is 80.3 Å². The van der Waals surface area contributed by atoms with Gasteiger partial charge in [-0.2, -0.15) is 0 Å². The Kier molecular flexibility index (Phi) is 5.29. The minimum Gasteiger partial charge on any atom is -0.344 e. The molecule has 114 valence electrons. The number of rotatable bonds is 5. The molecule has 0 aliphatic carbocycles. The fourth-order valence-electron chi connectivity index (χ4n) is 1.95. The molecule has 1 aliphatic heterocycles. The molecule has 1 unspecified atom stereocenters. The normalized spacial score (nSPS) is 18.7. The first-order valence-electron chi connectivity index (χ1n) is 6.26. The molecule has 0 bridgehead atoms. The number of thioether (sulfide) groups is 1. The third-order valence-electron chi connectivity index (χ3n) is 2.92. The lowest BCUT2D eigenvalue weighted by molar-refractivity contribution is -0.122. The van der Waals surface area contributed by atoms with Crippen molar-refractivity contribution in [1.82, 2.24) is 5.32 Å². The third kappa shape index (κ3) is 5.01. The predicted molar refractivity (Wildman–Crippen MR) is 83.0 cm³/mol. The van der Waals surface area contributed by atoms with Gasteiger partial charge in [-0.25, -0.2) is 8.42 Å². The van der Waals surface area contributed by atoms with Crippen LogP contribution in [0.25, 0.3) is 0 Å². The van der Waals surface area contributed by atoms with E-state index in [4.69, 9.17) is 11.6 Å². The monoisotopic (exact) mass is 347 g/mol. The largest absolute Gasteiger partial charge is 0.344 e. The van der Waals surface area contributed by atoms with Crippen molar-refractivity contribution in [2.75, 3.05) is 11.5 Å². The van der Waals surface area contributed by atoms with Gasteiger partial charge in [0.15, 0.2) is 9.84 Å². The van der Waals surface area contributed by atoms with Gasteiger partial charge in [-0.05, 0) is 24.1 Å². The zero-order valence-corrected chi connectivity index (χ0v) is 13.4. The number of benzene rings is 1. The van der Waals surface area contributed by atoms with Gasteiger partial charge >= 0.3 is 0 Å². The second-order valence-corrected chi connectivity index (χ2v) is 8.34. The lowest BCUT2D eigenvalue weighted by Gasteiger charge is -2.10. The molecule has 1 aromatic rings. The standard InChI is InChI=1S/C13H14ClNO4S2/c14-10-3-1-9(2-4-10)7-21(18,19)8-12(16)15-11-5-6-20-13(11)17/h1-4,11H,5-8H2,(H,15,16). The highest BCUT2D eigenvalue weighted by atomic mass is 35.5. The van der Waals surface area contributed by atoms with Crippen LogP contribution in [-0.2, 0) is 25.2 Å². The van der Waals surface area contributed by atoms with E-state index in [1.807, 2.05) is 0 Å². The number of hydrogen-bond donors (Lipinski definition) is 1. The van der Waals surface area contributed by atoms with E-state index in [-0.39, 0.29) is 10.9 Å². The van der Waals surface area contributed by atoms with Crippen LogP contribution in [0.4, 0.5) is 0 Å². The van der Waals surface area contributed by atoms with Crippen LogP contribution >= 0.6 is 23.4 Å². The molecule has 21 heavy (non-hydrogen) atoms. The molecule has 0 radical (unpaired) electrons. The van der Waals surface area contributed by atoms with Crippen molar-refractivity contribution in [1.29, 1.82) is 0 Å². The molecule has 0 spiro atoms. The molecule has 1 heterocycles. The van der Waals surface area contributed by atoms with E-state index in [0.717, 1.165) is 11.8 Å². The van der Waals surface area contributed by atoms with Gasteiger partial charge in [0.2, 0.25) is 11.0 Å². The number of carbonyl (C=O) groups excluding carboxylic acids is 2. The van der Waals surface area contributed by atoms with Crippen molar-refractivity contribution >= 4 is 44.2 Å². The lowest BCUT2D eigenvalue weighted by atomic mass is 10.2. The second-order valence-electron chi connectivity index (χ2n) is 4.73. The Morgan fingerprint density at radius 2 is 2.00 bits per heavy atom. The van der Waals surface area contributed by atoms with Gasteiger partial charge in [0.05, 0.1) is 11.8 Å². The van der Waals surface area contributed by atoms with Gasteiger partial charge in [0.25, 0.3) is 0 Å². The van der Waals surface area contributed by atoms with Crippen LogP contribution in [-0.4, -0.2) is 37.0 Å². The lowest BCUT2D eigenvalue weighted by Crippen LogP contribution is -2.40. The summed E-state index contributed by atoms with van der Waals surface area (Å²) in [6.45, 7) is 0. The summed E-state index contributed by atoms with van der Waals surface area (Å²) in [5.74, 6) is -0.833. The highest BCUT2D eigenvalue weighted by Crippen LogP contribution is 2.19. The van der Waals surface area contributed by atoms with Crippen molar-refractivity contribution < 1.29 is 18.0 Å². The zero-order valence-electron chi connectivity index (χ0n) is 11.0. The molecule has 0 aromatic heterocycles. The summed E-state index contributed by atoms with van der Waals surface area (Å²) in [7, 11) is -3.58. The molecule has 1 N–H and O–H groups in total. The summed E-state index contributed by atoms with van der Waals surface area (Å²) in [4.78, 5) is 23.1. The Morgan fingerprint density at radius 3 is 2.57 bits per heavy atom. The van der Waals surface area contributed by atoms with Crippen LogP contribution in [0.3, 0.4) is 0 Å². The first kappa shape index (κ1) is 16.3. The summed E-state index contributed by atoms with van der Waals surface area (Å²) < 4.78 is 23.9. The van der Waals surface area contributed by atoms with Crippen molar-refractivity contribution in [3.63, 3.8) is 0 Å². The molecule has 1 saturated heterocycles. The molecule has 2 rings (SSSR count). The maximum Gasteiger partial charge on any atom is 0.235 e. The molecule has 5 nitrogen and oxygen atoms in total. The van der Waals surface area contributed by atoms with E-state index in [2.05, 4.69) is 5.32 Å². The van der Waals surface area contributed by atoms with E-state index in [1.54, 1.807) is 24.3 Å². The fraction of sp³-hybridized carbons (Fsp3) is 0.385. The van der Waals surface area contributed by atoms with Gasteiger partial charge in [-0.1, -0.05) is 35.5 Å². The van der Waals surface area contributed by atoms with Gasteiger partial charge in [-0.15, -0.1) is 0 Å². The molecule has 0 saturated carbocycles. The van der Waals surface area contributed by atoms with E-state index >= 15 is 0 Å². The number of nitrogens with one attached hydrogen (secondary N) is 1. The maximum absolute atomic E-state index is 12.0. The second kappa shape index (κ2) is 6.81. The number of hydrogen-bond acceptors (Lipinski definition) is 5. The minimum atomic E-state index is -3.58. The van der Waals surface area contributed by atoms with Crippen LogP contribution in [0.5, 0.6) is 0 Å². The minimum absolute atomic E-state index is 0.113. The van der Waals surface area contributed by atoms with Gasteiger partial charge < -0.3 is 5.32 Å². The number of sulfone groups is 1. The van der Waals surface area contributed by atoms with Crippen molar-refractivity contribution in [2.24, 2.45) is 0 Å². The average Bonchev–Trinajstić information content (AvgIpc) is 2.77. The van der Waals surface area contributed by atoms with Crippen molar-refractivity contribution in [3.05, 3.63) is 34.9 Å². The molecular formula is C13H14ClNO4S2. The summed E-state index contributed by atoms with van der Waals surface area (Å²) >= 11 is 6.88. The van der Waals surface area contributed by atoms with Crippen molar-refractivity contribution in [3.8, 4) is 0 Å². The van der Waals surface area contributed by atoms with E-state index in [9.17, 15) is 18.0 Å². The third-order valence-corrected chi connectivity index (χ3v) is 5.66. The molecule has 1 fully saturated rings. The maximum atomic E-state index is 12.0. The Balaban J connectivity index is 1.92. The zero-order chi connectivity index (χ0) is 15.5. The van der Waals surface area contributed by atoms with Crippen LogP contribution in [0, 0.1) is 0 Å². The van der Waals surface area contributed by atoms with Crippen molar-refractivity contribution in [2.45, 2.75) is 18.2 Å². The van der Waals surface area contributed by atoms with Gasteiger partial charge in [0.1, 0.15) is 5.75 Å². The number of carbonyl (C=O) groups is 2. The number of amides is 1. The van der Waals surface area contributed by atoms with E-state index in [0.29, 0.717) is 22.8 Å².